The normalized spacial score (nSPS) is 12.9. The summed E-state index contributed by atoms with van der Waals surface area (Å²) in [6.45, 7) is 5.73. The van der Waals surface area contributed by atoms with E-state index in [0.29, 0.717) is 6.42 Å². The van der Waals surface area contributed by atoms with Gasteiger partial charge in [-0.25, -0.2) is 0 Å². The lowest BCUT2D eigenvalue weighted by atomic mass is 10.0. The third-order valence-electron chi connectivity index (χ3n) is 6.06. The van der Waals surface area contributed by atoms with E-state index in [1.165, 1.54) is 0 Å². The van der Waals surface area contributed by atoms with Crippen molar-refractivity contribution in [3.8, 4) is 10.4 Å². The van der Waals surface area contributed by atoms with Crippen LogP contribution in [-0.4, -0.2) is 52.0 Å². The standard InChI is InChI=1S/C30H35N3O7S/c1-3-5-20(6-4-2)22-17-25(41-18-22)21-10-7-19(8-11-21)9-14-26(34)32-24(13-16-28(37)38)30(40)33-23(29(31)39)12-15-27(35)36/h3-8,10-11,17-18,23-24H,1,9,12-16H2,2H3,(H2,31,39)(H,32,34)(H,33,40)(H,35,36)(H,37,38)/b6-4-,20-5+/t23-,24?/m0/s1. The molecule has 2 rings (SSSR count). The van der Waals surface area contributed by atoms with Crippen LogP contribution in [0.15, 0.2) is 66.6 Å². The molecule has 0 aliphatic heterocycles. The average molecular weight is 582 g/mol. The number of rotatable bonds is 17. The van der Waals surface area contributed by atoms with Crippen molar-refractivity contribution >= 4 is 46.6 Å². The van der Waals surface area contributed by atoms with Crippen LogP contribution in [0.1, 0.15) is 50.2 Å². The Morgan fingerprint density at radius 3 is 2.17 bits per heavy atom. The van der Waals surface area contributed by atoms with Gasteiger partial charge in [-0.15, -0.1) is 11.3 Å². The van der Waals surface area contributed by atoms with Crippen LogP contribution in [0, 0.1) is 0 Å². The smallest absolute Gasteiger partial charge is 0.303 e. The number of nitrogens with two attached hydrogens (primary N) is 1. The van der Waals surface area contributed by atoms with Crippen molar-refractivity contribution in [2.24, 2.45) is 5.73 Å². The second kappa shape index (κ2) is 16.6. The molecule has 0 aliphatic carbocycles. The zero-order valence-corrected chi connectivity index (χ0v) is 23.6. The maximum atomic E-state index is 12.7. The molecule has 2 atom stereocenters. The quantitative estimate of drug-likeness (QED) is 0.177. The molecule has 1 aromatic heterocycles. The SMILES string of the molecule is C=C/C=C(\C=C/C)c1csc(-c2ccc(CCC(=O)NC(CCC(=O)O)C(=O)N[C@@H](CCC(=O)O)C(N)=O)cc2)c1. The number of aliphatic carboxylic acids is 2. The van der Waals surface area contributed by atoms with Crippen LogP contribution in [-0.2, 0) is 30.4 Å². The number of benzene rings is 1. The summed E-state index contributed by atoms with van der Waals surface area (Å²) in [5, 5.41) is 24.8. The highest BCUT2D eigenvalue weighted by atomic mass is 32.1. The predicted octanol–water partition coefficient (Wildman–Crippen LogP) is 3.68. The maximum Gasteiger partial charge on any atom is 0.303 e. The van der Waals surface area contributed by atoms with E-state index in [0.717, 1.165) is 27.1 Å². The molecule has 1 aromatic carbocycles. The van der Waals surface area contributed by atoms with Gasteiger partial charge >= 0.3 is 11.9 Å². The largest absolute Gasteiger partial charge is 0.481 e. The fourth-order valence-electron chi connectivity index (χ4n) is 3.92. The van der Waals surface area contributed by atoms with E-state index < -0.39 is 54.6 Å². The molecule has 2 aromatic rings. The van der Waals surface area contributed by atoms with Gasteiger partial charge in [-0.3, -0.25) is 24.0 Å². The highest BCUT2D eigenvalue weighted by Gasteiger charge is 2.26. The summed E-state index contributed by atoms with van der Waals surface area (Å²) in [7, 11) is 0. The molecule has 1 heterocycles. The van der Waals surface area contributed by atoms with Crippen molar-refractivity contribution in [2.75, 3.05) is 0 Å². The molecule has 0 aliphatic rings. The van der Waals surface area contributed by atoms with E-state index in [2.05, 4.69) is 28.7 Å². The molecule has 0 spiro atoms. The number of carboxylic acids is 2. The Bertz CT molecular complexity index is 1310. The number of aryl methyl sites for hydroxylation is 1. The minimum atomic E-state index is -1.27. The Kier molecular flexibility index (Phi) is 13.2. The van der Waals surface area contributed by atoms with Gasteiger partial charge in [0.1, 0.15) is 12.1 Å². The third-order valence-corrected chi connectivity index (χ3v) is 7.04. The average Bonchev–Trinajstić information content (AvgIpc) is 3.42. The Balaban J connectivity index is 2.01. The van der Waals surface area contributed by atoms with Gasteiger partial charge in [-0.05, 0) is 59.9 Å². The minimum absolute atomic E-state index is 0.0384. The summed E-state index contributed by atoms with van der Waals surface area (Å²) in [6, 6.07) is 7.39. The number of amides is 3. The topological polar surface area (TPSA) is 176 Å². The van der Waals surface area contributed by atoms with Crippen LogP contribution in [0.4, 0.5) is 0 Å². The molecule has 6 N–H and O–H groups in total. The van der Waals surface area contributed by atoms with E-state index >= 15 is 0 Å². The number of primary amides is 1. The van der Waals surface area contributed by atoms with Crippen molar-refractivity contribution in [1.82, 2.24) is 10.6 Å². The van der Waals surface area contributed by atoms with E-state index in [4.69, 9.17) is 15.9 Å². The van der Waals surface area contributed by atoms with Crippen LogP contribution in [0.3, 0.4) is 0 Å². The zero-order valence-electron chi connectivity index (χ0n) is 22.8. The zero-order chi connectivity index (χ0) is 30.4. The van der Waals surface area contributed by atoms with Gasteiger partial charge in [0.2, 0.25) is 17.7 Å². The molecule has 218 valence electrons. The minimum Gasteiger partial charge on any atom is -0.481 e. The van der Waals surface area contributed by atoms with Crippen molar-refractivity contribution in [1.29, 1.82) is 0 Å². The van der Waals surface area contributed by atoms with E-state index in [1.54, 1.807) is 17.4 Å². The molecule has 0 fully saturated rings. The number of hydrogen-bond acceptors (Lipinski definition) is 6. The number of carbonyl (C=O) groups excluding carboxylic acids is 3. The van der Waals surface area contributed by atoms with Crippen LogP contribution in [0.2, 0.25) is 0 Å². The van der Waals surface area contributed by atoms with Crippen LogP contribution in [0.25, 0.3) is 16.0 Å². The van der Waals surface area contributed by atoms with Gasteiger partial charge in [-0.1, -0.05) is 55.1 Å². The molecule has 10 nitrogen and oxygen atoms in total. The summed E-state index contributed by atoms with van der Waals surface area (Å²) >= 11 is 1.62. The fraction of sp³-hybridized carbons (Fsp3) is 0.300. The first-order valence-corrected chi connectivity index (χ1v) is 13.9. The van der Waals surface area contributed by atoms with Crippen molar-refractivity contribution < 1.29 is 34.2 Å². The van der Waals surface area contributed by atoms with Crippen molar-refractivity contribution in [2.45, 2.75) is 57.5 Å². The second-order valence-electron chi connectivity index (χ2n) is 9.20. The highest BCUT2D eigenvalue weighted by molar-refractivity contribution is 7.13. The number of carbonyl (C=O) groups is 5. The summed E-state index contributed by atoms with van der Waals surface area (Å²) in [4.78, 5) is 60.0. The molecular formula is C30H35N3O7S. The summed E-state index contributed by atoms with van der Waals surface area (Å²) in [6.07, 6.45) is 6.85. The first-order chi connectivity index (χ1) is 19.5. The molecule has 3 amide bonds. The maximum absolute atomic E-state index is 12.7. The number of carboxylic acid groups (broad SMARTS) is 2. The molecular weight excluding hydrogens is 546 g/mol. The van der Waals surface area contributed by atoms with Gasteiger partial charge in [0, 0.05) is 24.1 Å². The molecule has 0 saturated carbocycles. The Morgan fingerprint density at radius 1 is 0.976 bits per heavy atom. The first kappa shape index (κ1) is 32.7. The van der Waals surface area contributed by atoms with Gasteiger partial charge < -0.3 is 26.6 Å². The molecule has 1 unspecified atom stereocenters. The van der Waals surface area contributed by atoms with Crippen molar-refractivity contribution in [3.05, 3.63) is 77.7 Å². The Labute approximate surface area is 242 Å². The lowest BCUT2D eigenvalue weighted by Crippen LogP contribution is -2.53. The van der Waals surface area contributed by atoms with Crippen LogP contribution in [0.5, 0.6) is 0 Å². The van der Waals surface area contributed by atoms with Gasteiger partial charge in [0.05, 0.1) is 0 Å². The third kappa shape index (κ3) is 11.2. The number of nitrogens with one attached hydrogen (secondary N) is 2. The van der Waals surface area contributed by atoms with E-state index in [-0.39, 0.29) is 19.3 Å². The van der Waals surface area contributed by atoms with E-state index in [1.807, 2.05) is 49.4 Å². The molecule has 41 heavy (non-hydrogen) atoms. The second-order valence-corrected chi connectivity index (χ2v) is 10.1. The first-order valence-electron chi connectivity index (χ1n) is 13.0. The van der Waals surface area contributed by atoms with Gasteiger partial charge in [-0.2, -0.15) is 0 Å². The van der Waals surface area contributed by atoms with Crippen LogP contribution < -0.4 is 16.4 Å². The predicted molar refractivity (Wildman–Crippen MR) is 158 cm³/mol. The lowest BCUT2D eigenvalue weighted by molar-refractivity contribution is -0.139. The number of hydrogen-bond donors (Lipinski definition) is 5. The van der Waals surface area contributed by atoms with Crippen molar-refractivity contribution in [3.63, 3.8) is 0 Å². The Morgan fingerprint density at radius 2 is 1.61 bits per heavy atom. The Hall–Kier alpha value is -4.51. The van der Waals surface area contributed by atoms with E-state index in [9.17, 15) is 24.0 Å². The van der Waals surface area contributed by atoms with Crippen LogP contribution >= 0.6 is 11.3 Å². The van der Waals surface area contributed by atoms with Gasteiger partial charge in [0.25, 0.3) is 0 Å². The summed E-state index contributed by atoms with van der Waals surface area (Å²) in [5.41, 5.74) is 9.34. The molecule has 0 radical (unpaired) electrons. The molecule has 0 saturated heterocycles. The number of allylic oxidation sites excluding steroid dienone is 5. The summed E-state index contributed by atoms with van der Waals surface area (Å²) < 4.78 is 0. The fourth-order valence-corrected chi connectivity index (χ4v) is 4.84. The summed E-state index contributed by atoms with van der Waals surface area (Å²) in [5.74, 6) is -4.56. The molecule has 0 bridgehead atoms. The number of thiophene rings is 1. The monoisotopic (exact) mass is 581 g/mol. The molecule has 11 heteroatoms. The highest BCUT2D eigenvalue weighted by Crippen LogP contribution is 2.31. The van der Waals surface area contributed by atoms with Gasteiger partial charge in [0.15, 0.2) is 0 Å². The lowest BCUT2D eigenvalue weighted by Gasteiger charge is -2.21.